The number of nitrogen functional groups attached to an aromatic ring is 4. The Kier molecular flexibility index (Phi) is 5.59. The number of nitrogens with zero attached hydrogens (tertiary/aromatic N) is 8. The van der Waals surface area contributed by atoms with E-state index in [1.165, 1.54) is 0 Å². The fourth-order valence-corrected chi connectivity index (χ4v) is 5.96. The molecule has 12 nitrogen and oxygen atoms in total. The Morgan fingerprint density at radius 3 is 1.22 bits per heavy atom. The standard InChI is InChI=1S/C32H20N12.Co/c33-17-9-1-5-13-21(17)29-37-25(13)41-30-22-14(6-2-10-18(22)34)27(38-30)43-32-24-16(8-4-12-20(24)36)28(40-32)44-31-23-15(26(39-31)42-29)7-3-11-19(23)35;/h1-12H,33-36H2;/q-2;+2. The van der Waals surface area contributed by atoms with Crippen LogP contribution in [0.15, 0.2) is 72.8 Å². The molecule has 9 rings (SSSR count). The van der Waals surface area contributed by atoms with Crippen LogP contribution in [0.4, 0.5) is 22.7 Å². The quantitative estimate of drug-likeness (QED) is 0.171. The Labute approximate surface area is 264 Å². The molecule has 217 valence electrons. The molecule has 8 N–H and O–H groups in total. The first-order valence-electron chi connectivity index (χ1n) is 13.7. The van der Waals surface area contributed by atoms with Crippen LogP contribution in [0, 0.1) is 0 Å². The fraction of sp³-hybridized carbons (Fsp3) is 0. The van der Waals surface area contributed by atoms with Gasteiger partial charge in [-0.15, -0.1) is 0 Å². The van der Waals surface area contributed by atoms with Gasteiger partial charge in [-0.3, -0.25) is 0 Å². The van der Waals surface area contributed by atoms with Gasteiger partial charge in [-0.1, -0.05) is 48.5 Å². The van der Waals surface area contributed by atoms with E-state index < -0.39 is 0 Å². The molecule has 2 aliphatic heterocycles. The summed E-state index contributed by atoms with van der Waals surface area (Å²) >= 11 is 0. The van der Waals surface area contributed by atoms with Gasteiger partial charge in [0, 0.05) is 78.4 Å². The fourth-order valence-electron chi connectivity index (χ4n) is 5.96. The van der Waals surface area contributed by atoms with Crippen molar-refractivity contribution in [3.63, 3.8) is 0 Å². The van der Waals surface area contributed by atoms with E-state index in [2.05, 4.69) is 0 Å². The Hall–Kier alpha value is -6.05. The van der Waals surface area contributed by atoms with Crippen LogP contribution >= 0.6 is 0 Å². The number of hydrogen-bond acceptors (Lipinski definition) is 10. The summed E-state index contributed by atoms with van der Waals surface area (Å²) in [7, 11) is 0. The normalized spacial score (nSPS) is 11.7. The van der Waals surface area contributed by atoms with Crippen molar-refractivity contribution in [2.24, 2.45) is 0 Å². The number of hydrogen-bond donors (Lipinski definition) is 4. The largest absolute Gasteiger partial charge is 2.00 e. The molecule has 13 heteroatoms. The van der Waals surface area contributed by atoms with Crippen molar-refractivity contribution in [2.75, 3.05) is 22.9 Å². The van der Waals surface area contributed by atoms with Crippen molar-refractivity contribution in [1.29, 1.82) is 0 Å². The molecule has 0 saturated carbocycles. The molecular formula is C32H20CoN12. The Balaban J connectivity index is 0.00000300. The van der Waals surface area contributed by atoms with Gasteiger partial charge >= 0.3 is 16.8 Å². The second-order valence-corrected chi connectivity index (χ2v) is 10.6. The molecular weight excluding hydrogens is 611 g/mol. The molecule has 3 aromatic heterocycles. The Morgan fingerprint density at radius 2 is 0.778 bits per heavy atom. The van der Waals surface area contributed by atoms with E-state index in [9.17, 15) is 0 Å². The molecule has 0 spiro atoms. The minimum atomic E-state index is 0. The number of fused-ring (bicyclic) bond motifs is 20. The zero-order valence-corrected chi connectivity index (χ0v) is 24.2. The van der Waals surface area contributed by atoms with Crippen LogP contribution in [0.5, 0.6) is 0 Å². The molecule has 0 aliphatic carbocycles. The van der Waals surface area contributed by atoms with Gasteiger partial charge in [0.15, 0.2) is 0 Å². The molecule has 8 bridgehead atoms. The van der Waals surface area contributed by atoms with Crippen LogP contribution in [-0.4, -0.2) is 29.9 Å². The number of nitrogens with two attached hydrogens (primary N) is 4. The third-order valence-electron chi connectivity index (χ3n) is 7.94. The van der Waals surface area contributed by atoms with Crippen molar-refractivity contribution in [2.45, 2.75) is 0 Å². The molecule has 5 heterocycles. The first-order valence-corrected chi connectivity index (χ1v) is 13.7. The van der Waals surface area contributed by atoms with Crippen LogP contribution < -0.4 is 32.9 Å². The summed E-state index contributed by atoms with van der Waals surface area (Å²) < 4.78 is 0. The summed E-state index contributed by atoms with van der Waals surface area (Å²) in [4.78, 5) is 38.9. The molecule has 0 fully saturated rings. The number of rotatable bonds is 0. The second-order valence-electron chi connectivity index (χ2n) is 10.6. The summed E-state index contributed by atoms with van der Waals surface area (Å²) in [5, 5.41) is 2.70. The maximum atomic E-state index is 6.47. The summed E-state index contributed by atoms with van der Waals surface area (Å²) in [6.45, 7) is 0. The summed E-state index contributed by atoms with van der Waals surface area (Å²) in [6.07, 6.45) is 0. The molecule has 0 unspecified atom stereocenters. The third kappa shape index (κ3) is 3.78. The minimum Gasteiger partial charge on any atom is -0.398 e. The average molecular weight is 632 g/mol. The topological polar surface area (TPSA) is 210 Å². The molecule has 7 aromatic rings. The molecule has 1 radical (unpaired) electrons. The summed E-state index contributed by atoms with van der Waals surface area (Å²) in [5.74, 6) is 1.49. The van der Waals surface area contributed by atoms with Crippen molar-refractivity contribution in [1.82, 2.24) is 39.9 Å². The van der Waals surface area contributed by atoms with Crippen LogP contribution in [-0.2, 0) is 16.8 Å². The van der Waals surface area contributed by atoms with E-state index >= 15 is 0 Å². The van der Waals surface area contributed by atoms with Gasteiger partial charge in [0.25, 0.3) is 0 Å². The van der Waals surface area contributed by atoms with Gasteiger partial charge < -0.3 is 52.8 Å². The summed E-state index contributed by atoms with van der Waals surface area (Å²) in [5.41, 5.74) is 32.1. The molecule has 2 aliphatic rings. The molecule has 0 atom stereocenters. The Bertz CT molecular complexity index is 2390. The van der Waals surface area contributed by atoms with Crippen molar-refractivity contribution in [3.8, 4) is 45.6 Å². The first-order chi connectivity index (χ1) is 21.4. The summed E-state index contributed by atoms with van der Waals surface area (Å²) in [6, 6.07) is 22.1. The van der Waals surface area contributed by atoms with Crippen LogP contribution in [0.3, 0.4) is 0 Å². The smallest absolute Gasteiger partial charge is 0.398 e. The van der Waals surface area contributed by atoms with Gasteiger partial charge in [0.05, 0.1) is 23.3 Å². The van der Waals surface area contributed by atoms with E-state index in [0.717, 1.165) is 0 Å². The predicted octanol–water partition coefficient (Wildman–Crippen LogP) is 4.45. The van der Waals surface area contributed by atoms with E-state index in [4.69, 9.17) is 62.8 Å². The zero-order valence-electron chi connectivity index (χ0n) is 23.1. The number of benzene rings is 4. The van der Waals surface area contributed by atoms with Crippen LogP contribution in [0.2, 0.25) is 0 Å². The predicted molar refractivity (Wildman–Crippen MR) is 172 cm³/mol. The average Bonchev–Trinajstić information content (AvgIpc) is 3.74. The van der Waals surface area contributed by atoms with Gasteiger partial charge in [0.1, 0.15) is 0 Å². The molecule has 45 heavy (non-hydrogen) atoms. The van der Waals surface area contributed by atoms with E-state index in [1.807, 2.05) is 48.5 Å². The zero-order chi connectivity index (χ0) is 29.7. The van der Waals surface area contributed by atoms with E-state index in [-0.39, 0.29) is 16.8 Å². The van der Waals surface area contributed by atoms with E-state index in [1.54, 1.807) is 24.3 Å². The first kappa shape index (κ1) is 26.6. The van der Waals surface area contributed by atoms with E-state index in [0.29, 0.717) is 112 Å². The molecule has 0 amide bonds. The third-order valence-corrected chi connectivity index (χ3v) is 7.94. The van der Waals surface area contributed by atoms with Gasteiger partial charge in [0.2, 0.25) is 0 Å². The Morgan fingerprint density at radius 1 is 0.400 bits per heavy atom. The SMILES string of the molecule is Nc1cccc2c1-c1nc-2nc2[n-]c(nc3nc(nc4[n-]c(n1)c1cccc(N)c41)-c1cccc(N)c1-3)c1cccc(N)c21.[Co+2]. The maximum Gasteiger partial charge on any atom is 2.00 e. The van der Waals surface area contributed by atoms with Crippen molar-refractivity contribution >= 4 is 66.9 Å². The minimum absolute atomic E-state index is 0. The van der Waals surface area contributed by atoms with Gasteiger partial charge in [-0.25, -0.2) is 9.97 Å². The van der Waals surface area contributed by atoms with Gasteiger partial charge in [-0.2, -0.15) is 0 Å². The van der Waals surface area contributed by atoms with Crippen molar-refractivity contribution in [3.05, 3.63) is 72.8 Å². The number of anilines is 4. The number of aromatic nitrogens is 8. The van der Waals surface area contributed by atoms with Crippen LogP contribution in [0.1, 0.15) is 0 Å². The second kappa shape index (κ2) is 9.47. The monoisotopic (exact) mass is 631 g/mol. The molecule has 0 saturated heterocycles. The van der Waals surface area contributed by atoms with Gasteiger partial charge in [-0.05, 0) is 35.0 Å². The van der Waals surface area contributed by atoms with Crippen molar-refractivity contribution < 1.29 is 16.8 Å². The maximum absolute atomic E-state index is 6.47. The van der Waals surface area contributed by atoms with Crippen LogP contribution in [0.25, 0.3) is 89.7 Å². The molecule has 4 aromatic carbocycles.